The van der Waals surface area contributed by atoms with Crippen LogP contribution in [0.5, 0.6) is 0 Å². The molecule has 0 spiro atoms. The molecule has 2 N–H and O–H groups in total. The lowest BCUT2D eigenvalue weighted by atomic mass is 10.2. The Labute approximate surface area is 116 Å². The van der Waals surface area contributed by atoms with Gasteiger partial charge in [-0.3, -0.25) is 25.3 Å². The highest BCUT2D eigenvalue weighted by atomic mass is 32.1. The number of nitrogens with one attached hydrogen (secondary N) is 2. The number of nitrogens with zero attached hydrogens (tertiary/aromatic N) is 2. The predicted molar refractivity (Wildman–Crippen MR) is 73.8 cm³/mol. The molecule has 7 heteroatoms. The third-order valence-corrected chi connectivity index (χ3v) is 2.48. The first kappa shape index (κ1) is 14.6. The topological polar surface area (TPSA) is 85.2 Å². The summed E-state index contributed by atoms with van der Waals surface area (Å²) in [4.78, 5) is 23.3. The highest BCUT2D eigenvalue weighted by Gasteiger charge is 2.11. The van der Waals surface area contributed by atoms with E-state index >= 15 is 0 Å². The molecule has 1 aromatic carbocycles. The number of nitriles is 1. The average Bonchev–Trinajstić information content (AvgIpc) is 2.40. The normalized spacial score (nSPS) is 9.05. The molecule has 98 valence electrons. The van der Waals surface area contributed by atoms with E-state index in [0.717, 1.165) is 5.56 Å². The molecule has 2 amide bonds. The number of hydrogen-bond donors (Lipinski definition) is 2. The number of benzene rings is 1. The van der Waals surface area contributed by atoms with Crippen molar-refractivity contribution in [1.82, 2.24) is 10.9 Å². The smallest absolute Gasteiger partial charge is 0.252 e. The summed E-state index contributed by atoms with van der Waals surface area (Å²) < 4.78 is 0. The third kappa shape index (κ3) is 4.37. The molecule has 0 saturated carbocycles. The lowest BCUT2D eigenvalue weighted by Gasteiger charge is -2.19. The van der Waals surface area contributed by atoms with Gasteiger partial charge in [0.15, 0.2) is 5.11 Å². The van der Waals surface area contributed by atoms with Crippen LogP contribution in [0.25, 0.3) is 0 Å². The molecule has 0 atom stereocenters. The van der Waals surface area contributed by atoms with Gasteiger partial charge in [-0.2, -0.15) is 5.26 Å². The molecule has 0 aliphatic heterocycles. The van der Waals surface area contributed by atoms with E-state index in [1.165, 1.54) is 4.90 Å². The minimum absolute atomic E-state index is 0.0187. The van der Waals surface area contributed by atoms with Crippen LogP contribution in [0, 0.1) is 18.3 Å². The second-order valence-electron chi connectivity index (χ2n) is 3.62. The fourth-order valence-electron chi connectivity index (χ4n) is 1.23. The zero-order valence-corrected chi connectivity index (χ0v) is 11.0. The van der Waals surface area contributed by atoms with Crippen LogP contribution < -0.4 is 15.8 Å². The second-order valence-corrected chi connectivity index (χ2v) is 4.01. The lowest BCUT2D eigenvalue weighted by Crippen LogP contribution is -2.48. The number of anilines is 1. The van der Waals surface area contributed by atoms with E-state index in [9.17, 15) is 9.59 Å². The Hall–Kier alpha value is -2.46. The number of amides is 2. The maximum absolute atomic E-state index is 11.1. The largest absolute Gasteiger partial charge is 0.278 e. The molecule has 0 aliphatic rings. The molecule has 6 nitrogen and oxygen atoms in total. The number of rotatable bonds is 3. The molecule has 0 bridgehead atoms. The number of thiocarbonyl (C=S) groups is 1. The van der Waals surface area contributed by atoms with Crippen molar-refractivity contribution in [3.05, 3.63) is 29.8 Å². The molecule has 0 fully saturated rings. The van der Waals surface area contributed by atoms with Crippen molar-refractivity contribution in [1.29, 1.82) is 5.26 Å². The maximum atomic E-state index is 11.1. The third-order valence-electron chi connectivity index (χ3n) is 2.18. The Bertz CT molecular complexity index is 522. The van der Waals surface area contributed by atoms with Gasteiger partial charge in [-0.05, 0) is 31.3 Å². The van der Waals surface area contributed by atoms with Crippen LogP contribution in [-0.2, 0) is 9.59 Å². The van der Waals surface area contributed by atoms with E-state index in [-0.39, 0.29) is 11.5 Å². The van der Waals surface area contributed by atoms with Crippen LogP contribution >= 0.6 is 12.2 Å². The van der Waals surface area contributed by atoms with Crippen LogP contribution in [0.4, 0.5) is 5.69 Å². The van der Waals surface area contributed by atoms with E-state index in [2.05, 4.69) is 10.9 Å². The van der Waals surface area contributed by atoms with Gasteiger partial charge in [0.05, 0.1) is 11.8 Å². The highest BCUT2D eigenvalue weighted by Crippen LogP contribution is 2.13. The number of hydrazine groups is 1. The fraction of sp³-hybridized carbons (Fsp3) is 0.167. The van der Waals surface area contributed by atoms with E-state index in [4.69, 9.17) is 17.5 Å². The molecule has 0 radical (unpaired) electrons. The summed E-state index contributed by atoms with van der Waals surface area (Å²) >= 11 is 4.98. The van der Waals surface area contributed by atoms with E-state index < -0.39 is 5.91 Å². The standard InChI is InChI=1S/C12H12N4O2S/c1-9-2-4-10(5-3-9)16(8-17)12(19)15-14-11(18)6-7-13/h2-5,8H,6H2,1H3,(H,14,18)(H,15,19). The predicted octanol–water partition coefficient (Wildman–Crippen LogP) is 0.777. The van der Waals surface area contributed by atoms with E-state index in [1.807, 2.05) is 19.1 Å². The van der Waals surface area contributed by atoms with Crippen molar-refractivity contribution < 1.29 is 9.59 Å². The molecule has 1 aromatic rings. The van der Waals surface area contributed by atoms with Gasteiger partial charge < -0.3 is 0 Å². The van der Waals surface area contributed by atoms with Crippen molar-refractivity contribution in [3.63, 3.8) is 0 Å². The first-order valence-electron chi connectivity index (χ1n) is 5.35. The molecule has 1 rings (SSSR count). The summed E-state index contributed by atoms with van der Waals surface area (Å²) in [6.07, 6.45) is 0.248. The Morgan fingerprint density at radius 1 is 1.42 bits per heavy atom. The number of carbonyl (C=O) groups excluding carboxylic acids is 2. The van der Waals surface area contributed by atoms with Crippen LogP contribution in [-0.4, -0.2) is 17.4 Å². The lowest BCUT2D eigenvalue weighted by molar-refractivity contribution is -0.120. The van der Waals surface area contributed by atoms with Gasteiger partial charge in [0.25, 0.3) is 5.91 Å². The van der Waals surface area contributed by atoms with E-state index in [1.54, 1.807) is 18.2 Å². The van der Waals surface area contributed by atoms with Crippen LogP contribution in [0.2, 0.25) is 0 Å². The van der Waals surface area contributed by atoms with Gasteiger partial charge in [-0.15, -0.1) is 0 Å². The second kappa shape index (κ2) is 7.08. The quantitative estimate of drug-likeness (QED) is 0.484. The first-order chi connectivity index (χ1) is 9.08. The monoisotopic (exact) mass is 276 g/mol. The first-order valence-corrected chi connectivity index (χ1v) is 5.76. The minimum atomic E-state index is -0.528. The van der Waals surface area contributed by atoms with Crippen molar-refractivity contribution in [2.24, 2.45) is 0 Å². The van der Waals surface area contributed by atoms with Gasteiger partial charge in [-0.1, -0.05) is 17.7 Å². The number of carbonyl (C=O) groups is 2. The molecule has 19 heavy (non-hydrogen) atoms. The number of aryl methyl sites for hydroxylation is 1. The van der Waals surface area contributed by atoms with Gasteiger partial charge in [0.2, 0.25) is 6.41 Å². The summed E-state index contributed by atoms with van der Waals surface area (Å²) in [7, 11) is 0. The molecule has 0 heterocycles. The highest BCUT2D eigenvalue weighted by molar-refractivity contribution is 7.80. The molecule has 0 aromatic heterocycles. The summed E-state index contributed by atoms with van der Waals surface area (Å²) in [5, 5.41) is 8.34. The summed E-state index contributed by atoms with van der Waals surface area (Å²) in [5.74, 6) is -0.528. The Kier molecular flexibility index (Phi) is 5.44. The minimum Gasteiger partial charge on any atom is -0.278 e. The van der Waals surface area contributed by atoms with Crippen molar-refractivity contribution in [3.8, 4) is 6.07 Å². The molecule has 0 saturated heterocycles. The van der Waals surface area contributed by atoms with Gasteiger partial charge in [0.1, 0.15) is 6.42 Å². The number of hydrogen-bond acceptors (Lipinski definition) is 4. The van der Waals surface area contributed by atoms with Crippen LogP contribution in [0.1, 0.15) is 12.0 Å². The van der Waals surface area contributed by atoms with Gasteiger partial charge in [-0.25, -0.2) is 0 Å². The summed E-state index contributed by atoms with van der Waals surface area (Å²) in [6.45, 7) is 1.92. The van der Waals surface area contributed by atoms with Gasteiger partial charge >= 0.3 is 0 Å². The van der Waals surface area contributed by atoms with Gasteiger partial charge in [0, 0.05) is 0 Å². The summed E-state index contributed by atoms with van der Waals surface area (Å²) in [5.41, 5.74) is 6.26. The molecule has 0 aliphatic carbocycles. The van der Waals surface area contributed by atoms with Crippen LogP contribution in [0.3, 0.4) is 0 Å². The average molecular weight is 276 g/mol. The molecular weight excluding hydrogens is 264 g/mol. The van der Waals surface area contributed by atoms with Crippen molar-refractivity contribution in [2.45, 2.75) is 13.3 Å². The zero-order chi connectivity index (χ0) is 14.3. The van der Waals surface area contributed by atoms with Crippen molar-refractivity contribution in [2.75, 3.05) is 4.90 Å². The maximum Gasteiger partial charge on any atom is 0.252 e. The molecular formula is C12H12N4O2S. The van der Waals surface area contributed by atoms with Crippen LogP contribution in [0.15, 0.2) is 24.3 Å². The Morgan fingerprint density at radius 3 is 2.58 bits per heavy atom. The molecule has 0 unspecified atom stereocenters. The fourth-order valence-corrected chi connectivity index (χ4v) is 1.43. The SMILES string of the molecule is Cc1ccc(N(C=O)C(=S)NNC(=O)CC#N)cc1. The Morgan fingerprint density at radius 2 is 2.05 bits per heavy atom. The summed E-state index contributed by atoms with van der Waals surface area (Å²) in [6, 6.07) is 8.83. The van der Waals surface area contributed by atoms with Crippen molar-refractivity contribution >= 4 is 35.3 Å². The van der Waals surface area contributed by atoms with E-state index in [0.29, 0.717) is 12.1 Å². The zero-order valence-electron chi connectivity index (χ0n) is 10.2. The Balaban J connectivity index is 2.67.